The summed E-state index contributed by atoms with van der Waals surface area (Å²) < 4.78 is 5.20. The van der Waals surface area contributed by atoms with E-state index >= 15 is 0 Å². The van der Waals surface area contributed by atoms with Crippen LogP contribution in [0.2, 0.25) is 0 Å². The van der Waals surface area contributed by atoms with Crippen molar-refractivity contribution in [3.05, 3.63) is 89.0 Å². The van der Waals surface area contributed by atoms with Crippen molar-refractivity contribution >= 4 is 18.1 Å². The van der Waals surface area contributed by atoms with Crippen molar-refractivity contribution in [3.8, 4) is 16.9 Å². The summed E-state index contributed by atoms with van der Waals surface area (Å²) in [6, 6.07) is 21.4. The number of rotatable bonds is 5. The van der Waals surface area contributed by atoms with Gasteiger partial charge < -0.3 is 9.84 Å². The maximum atomic E-state index is 11.7. The summed E-state index contributed by atoms with van der Waals surface area (Å²) in [5.41, 5.74) is 4.76. The summed E-state index contributed by atoms with van der Waals surface area (Å²) in [6.45, 7) is 1.83. The molecule has 3 rings (SSSR count). The lowest BCUT2D eigenvalue weighted by Gasteiger charge is -2.11. The zero-order chi connectivity index (χ0) is 18.5. The first-order chi connectivity index (χ1) is 12.6. The summed E-state index contributed by atoms with van der Waals surface area (Å²) in [5, 5.41) is 9.62. The number of aromatic carboxylic acids is 1. The number of aryl methyl sites for hydroxylation is 1. The van der Waals surface area contributed by atoms with Crippen LogP contribution in [0.4, 0.5) is 0 Å². The van der Waals surface area contributed by atoms with Gasteiger partial charge in [-0.25, -0.2) is 4.79 Å². The number of methoxy groups -OCH3 is 1. The SMILES string of the molecule is COc1ccc(-c2cc(C)c(C(=O)O)c(C=Cc3ccccc3)c2)cc1. The fraction of sp³-hybridized carbons (Fsp3) is 0.0870. The number of carboxylic acids is 1. The minimum absolute atomic E-state index is 0.328. The average Bonchev–Trinajstić information content (AvgIpc) is 2.66. The third kappa shape index (κ3) is 3.83. The Morgan fingerprint density at radius 1 is 0.923 bits per heavy atom. The second-order valence-electron chi connectivity index (χ2n) is 6.04. The monoisotopic (exact) mass is 344 g/mol. The van der Waals surface area contributed by atoms with Gasteiger partial charge in [-0.1, -0.05) is 60.7 Å². The Bertz CT molecular complexity index is 939. The largest absolute Gasteiger partial charge is 0.497 e. The molecule has 0 unspecified atom stereocenters. The third-order valence-corrected chi connectivity index (χ3v) is 4.26. The topological polar surface area (TPSA) is 46.5 Å². The molecule has 3 aromatic carbocycles. The Hall–Kier alpha value is -3.33. The lowest BCUT2D eigenvalue weighted by Crippen LogP contribution is -2.03. The van der Waals surface area contributed by atoms with E-state index in [9.17, 15) is 9.90 Å². The quantitative estimate of drug-likeness (QED) is 0.618. The molecule has 0 amide bonds. The lowest BCUT2D eigenvalue weighted by molar-refractivity contribution is 0.0696. The van der Waals surface area contributed by atoms with Gasteiger partial charge >= 0.3 is 5.97 Å². The predicted octanol–water partition coefficient (Wildman–Crippen LogP) is 5.54. The summed E-state index contributed by atoms with van der Waals surface area (Å²) in [7, 11) is 1.63. The second-order valence-corrected chi connectivity index (χ2v) is 6.04. The molecule has 3 aromatic rings. The molecule has 3 nitrogen and oxygen atoms in total. The number of ether oxygens (including phenoxy) is 1. The Kier molecular flexibility index (Phi) is 5.18. The van der Waals surface area contributed by atoms with Gasteiger partial charge in [0.05, 0.1) is 12.7 Å². The van der Waals surface area contributed by atoms with E-state index < -0.39 is 5.97 Å². The molecule has 26 heavy (non-hydrogen) atoms. The molecule has 0 saturated heterocycles. The van der Waals surface area contributed by atoms with E-state index in [2.05, 4.69) is 0 Å². The molecule has 0 aliphatic heterocycles. The molecule has 0 fully saturated rings. The molecule has 1 N–H and O–H groups in total. The first-order valence-corrected chi connectivity index (χ1v) is 8.34. The van der Waals surface area contributed by atoms with E-state index in [0.717, 1.165) is 28.0 Å². The summed E-state index contributed by atoms with van der Waals surface area (Å²) in [6.07, 6.45) is 3.79. The van der Waals surface area contributed by atoms with Crippen LogP contribution in [0, 0.1) is 6.92 Å². The zero-order valence-electron chi connectivity index (χ0n) is 14.8. The van der Waals surface area contributed by atoms with E-state index in [4.69, 9.17) is 4.74 Å². The highest BCUT2D eigenvalue weighted by Crippen LogP contribution is 2.28. The zero-order valence-corrected chi connectivity index (χ0v) is 14.8. The normalized spacial score (nSPS) is 10.8. The molecular weight excluding hydrogens is 324 g/mol. The molecule has 3 heteroatoms. The van der Waals surface area contributed by atoms with E-state index in [1.54, 1.807) is 7.11 Å². The van der Waals surface area contributed by atoms with Crippen LogP contribution < -0.4 is 4.74 Å². The molecule has 0 bridgehead atoms. The Morgan fingerprint density at radius 2 is 1.62 bits per heavy atom. The van der Waals surface area contributed by atoms with Crippen molar-refractivity contribution in [2.45, 2.75) is 6.92 Å². The molecule has 0 atom stereocenters. The van der Waals surface area contributed by atoms with Crippen molar-refractivity contribution < 1.29 is 14.6 Å². The standard InChI is InChI=1S/C23H20O3/c1-16-14-20(18-10-12-21(26-2)13-11-18)15-19(22(16)23(24)25)9-8-17-6-4-3-5-7-17/h3-15H,1-2H3,(H,24,25). The smallest absolute Gasteiger partial charge is 0.336 e. The molecule has 0 aromatic heterocycles. The molecule has 0 spiro atoms. The second kappa shape index (κ2) is 7.70. The third-order valence-electron chi connectivity index (χ3n) is 4.26. The van der Waals surface area contributed by atoms with E-state index in [1.807, 2.05) is 85.8 Å². The van der Waals surface area contributed by atoms with Crippen LogP contribution in [0.3, 0.4) is 0 Å². The highest BCUT2D eigenvalue weighted by Gasteiger charge is 2.14. The van der Waals surface area contributed by atoms with Gasteiger partial charge in [0.1, 0.15) is 5.75 Å². The summed E-state index contributed by atoms with van der Waals surface area (Å²) in [4.78, 5) is 11.7. The van der Waals surface area contributed by atoms with Crippen LogP contribution in [-0.2, 0) is 0 Å². The molecule has 0 saturated carbocycles. The molecule has 0 heterocycles. The fourth-order valence-corrected chi connectivity index (χ4v) is 2.94. The van der Waals surface area contributed by atoms with Crippen molar-refractivity contribution in [3.63, 3.8) is 0 Å². The molecular formula is C23H20O3. The molecule has 0 aliphatic carbocycles. The highest BCUT2D eigenvalue weighted by molar-refractivity contribution is 5.96. The Morgan fingerprint density at radius 3 is 2.23 bits per heavy atom. The van der Waals surface area contributed by atoms with Gasteiger partial charge in [0.15, 0.2) is 0 Å². The minimum Gasteiger partial charge on any atom is -0.497 e. The minimum atomic E-state index is -0.920. The lowest BCUT2D eigenvalue weighted by atomic mass is 9.94. The van der Waals surface area contributed by atoms with Gasteiger partial charge in [-0.2, -0.15) is 0 Å². The van der Waals surface area contributed by atoms with Gasteiger partial charge in [0.2, 0.25) is 0 Å². The summed E-state index contributed by atoms with van der Waals surface area (Å²) >= 11 is 0. The number of carbonyl (C=O) groups is 1. The van der Waals surface area contributed by atoms with Crippen LogP contribution in [0.15, 0.2) is 66.7 Å². The highest BCUT2D eigenvalue weighted by atomic mass is 16.5. The van der Waals surface area contributed by atoms with Gasteiger partial charge in [-0.05, 0) is 52.9 Å². The molecule has 0 radical (unpaired) electrons. The van der Waals surface area contributed by atoms with Crippen LogP contribution in [0.5, 0.6) is 5.75 Å². The van der Waals surface area contributed by atoms with Gasteiger partial charge in [-0.15, -0.1) is 0 Å². The van der Waals surface area contributed by atoms with Gasteiger partial charge in [-0.3, -0.25) is 0 Å². The predicted molar refractivity (Wildman–Crippen MR) is 105 cm³/mol. The van der Waals surface area contributed by atoms with Crippen molar-refractivity contribution in [1.82, 2.24) is 0 Å². The maximum Gasteiger partial charge on any atom is 0.336 e. The molecule has 130 valence electrons. The number of carboxylic acid groups (broad SMARTS) is 1. The maximum absolute atomic E-state index is 11.7. The Labute approximate surface area is 153 Å². The first kappa shape index (κ1) is 17.5. The van der Waals surface area contributed by atoms with Crippen molar-refractivity contribution in [2.75, 3.05) is 7.11 Å². The first-order valence-electron chi connectivity index (χ1n) is 8.34. The van der Waals surface area contributed by atoms with Crippen molar-refractivity contribution in [1.29, 1.82) is 0 Å². The van der Waals surface area contributed by atoms with Crippen LogP contribution in [0.25, 0.3) is 23.3 Å². The van der Waals surface area contributed by atoms with Crippen LogP contribution in [0.1, 0.15) is 27.0 Å². The number of benzene rings is 3. The van der Waals surface area contributed by atoms with Gasteiger partial charge in [0, 0.05) is 0 Å². The van der Waals surface area contributed by atoms with Crippen molar-refractivity contribution in [2.24, 2.45) is 0 Å². The van der Waals surface area contributed by atoms with Crippen LogP contribution >= 0.6 is 0 Å². The number of hydrogen-bond acceptors (Lipinski definition) is 2. The Balaban J connectivity index is 2.06. The summed E-state index contributed by atoms with van der Waals surface area (Å²) in [5.74, 6) is -0.131. The van der Waals surface area contributed by atoms with Gasteiger partial charge in [0.25, 0.3) is 0 Å². The van der Waals surface area contributed by atoms with E-state index in [1.165, 1.54) is 0 Å². The molecule has 0 aliphatic rings. The van der Waals surface area contributed by atoms with E-state index in [-0.39, 0.29) is 0 Å². The van der Waals surface area contributed by atoms with E-state index in [0.29, 0.717) is 11.1 Å². The number of hydrogen-bond donors (Lipinski definition) is 1. The van der Waals surface area contributed by atoms with Crippen LogP contribution in [-0.4, -0.2) is 18.2 Å². The average molecular weight is 344 g/mol. The fourth-order valence-electron chi connectivity index (χ4n) is 2.94.